The molecular weight excluding hydrogens is 246 g/mol. The van der Waals surface area contributed by atoms with E-state index in [1.165, 1.54) is 0 Å². The molecule has 0 heterocycles. The third-order valence-electron chi connectivity index (χ3n) is 2.69. The molecule has 0 unspecified atom stereocenters. The van der Waals surface area contributed by atoms with Crippen LogP contribution in [0.5, 0.6) is 0 Å². The first-order chi connectivity index (χ1) is 8.29. The Morgan fingerprint density at radius 1 is 0.944 bits per heavy atom. The molecule has 2 nitrogen and oxygen atoms in total. The highest BCUT2D eigenvalue weighted by Gasteiger charge is 2.06. The van der Waals surface area contributed by atoms with Crippen LogP contribution >= 0.6 is 12.4 Å². The van der Waals surface area contributed by atoms with Gasteiger partial charge in [-0.25, -0.2) is 0 Å². The molecule has 0 radical (unpaired) electrons. The fourth-order valence-corrected chi connectivity index (χ4v) is 1.76. The summed E-state index contributed by atoms with van der Waals surface area (Å²) in [5, 5.41) is 0. The van der Waals surface area contributed by atoms with Crippen molar-refractivity contribution in [1.82, 2.24) is 0 Å². The van der Waals surface area contributed by atoms with Gasteiger partial charge in [-0.05, 0) is 17.2 Å². The van der Waals surface area contributed by atoms with E-state index in [0.717, 1.165) is 16.7 Å². The highest BCUT2D eigenvalue weighted by Crippen LogP contribution is 2.09. The minimum Gasteiger partial charge on any atom is -0.326 e. The Labute approximate surface area is 113 Å². The number of nitrogens with two attached hydrogens (primary N) is 1. The lowest BCUT2D eigenvalue weighted by atomic mass is 10.0. The Morgan fingerprint density at radius 2 is 1.61 bits per heavy atom. The van der Waals surface area contributed by atoms with E-state index in [0.29, 0.717) is 13.0 Å². The molecule has 2 aromatic carbocycles. The second-order valence-electron chi connectivity index (χ2n) is 3.99. The first-order valence-corrected chi connectivity index (χ1v) is 5.66. The lowest BCUT2D eigenvalue weighted by Gasteiger charge is -2.03. The molecule has 0 aliphatic heterocycles. The zero-order valence-electron chi connectivity index (χ0n) is 10.0. The van der Waals surface area contributed by atoms with E-state index in [1.807, 2.05) is 54.6 Å². The lowest BCUT2D eigenvalue weighted by Crippen LogP contribution is -2.05. The number of Topliss-reactive ketones (excluding diaryl/α,β-unsaturated/α-hetero) is 1. The van der Waals surface area contributed by atoms with Crippen molar-refractivity contribution < 1.29 is 4.79 Å². The van der Waals surface area contributed by atoms with Crippen LogP contribution in [0.1, 0.15) is 21.5 Å². The van der Waals surface area contributed by atoms with E-state index < -0.39 is 0 Å². The summed E-state index contributed by atoms with van der Waals surface area (Å²) in [6, 6.07) is 17.3. The van der Waals surface area contributed by atoms with Crippen LogP contribution in [-0.4, -0.2) is 5.78 Å². The maximum atomic E-state index is 12.0. The molecule has 0 spiro atoms. The summed E-state index contributed by atoms with van der Waals surface area (Å²) in [7, 11) is 0. The van der Waals surface area contributed by atoms with Gasteiger partial charge in [0.05, 0.1) is 0 Å². The minimum atomic E-state index is 0. The summed E-state index contributed by atoms with van der Waals surface area (Å²) < 4.78 is 0. The summed E-state index contributed by atoms with van der Waals surface area (Å²) in [4.78, 5) is 12.0. The Kier molecular flexibility index (Phi) is 5.56. The highest BCUT2D eigenvalue weighted by molar-refractivity contribution is 5.97. The third kappa shape index (κ3) is 3.69. The molecule has 2 rings (SSSR count). The van der Waals surface area contributed by atoms with E-state index in [2.05, 4.69) is 0 Å². The average molecular weight is 262 g/mol. The van der Waals surface area contributed by atoms with Crippen LogP contribution in [0.4, 0.5) is 0 Å². The zero-order chi connectivity index (χ0) is 12.1. The number of benzene rings is 2. The predicted molar refractivity (Wildman–Crippen MR) is 76.1 cm³/mol. The Hall–Kier alpha value is -1.64. The first-order valence-electron chi connectivity index (χ1n) is 5.66. The van der Waals surface area contributed by atoms with Gasteiger partial charge in [0.15, 0.2) is 5.78 Å². The normalized spacial score (nSPS) is 9.61. The molecule has 0 amide bonds. The molecule has 0 bridgehead atoms. The van der Waals surface area contributed by atoms with Crippen molar-refractivity contribution in [1.29, 1.82) is 0 Å². The van der Waals surface area contributed by atoms with Crippen LogP contribution in [-0.2, 0) is 13.0 Å². The summed E-state index contributed by atoms with van der Waals surface area (Å²) in [6.45, 7) is 0.465. The molecular formula is C15H16ClNO. The van der Waals surface area contributed by atoms with Gasteiger partial charge in [0.1, 0.15) is 0 Å². The van der Waals surface area contributed by atoms with Gasteiger partial charge in [-0.15, -0.1) is 12.4 Å². The molecule has 0 aliphatic rings. The average Bonchev–Trinajstić information content (AvgIpc) is 2.40. The van der Waals surface area contributed by atoms with Gasteiger partial charge >= 0.3 is 0 Å². The zero-order valence-corrected chi connectivity index (χ0v) is 10.8. The maximum Gasteiger partial charge on any atom is 0.167 e. The molecule has 3 heteroatoms. The fraction of sp³-hybridized carbons (Fsp3) is 0.133. The number of hydrogen-bond acceptors (Lipinski definition) is 2. The van der Waals surface area contributed by atoms with Crippen molar-refractivity contribution in [2.75, 3.05) is 0 Å². The van der Waals surface area contributed by atoms with E-state index in [1.54, 1.807) is 0 Å². The largest absolute Gasteiger partial charge is 0.326 e. The van der Waals surface area contributed by atoms with E-state index >= 15 is 0 Å². The Balaban J connectivity index is 0.00000162. The van der Waals surface area contributed by atoms with Gasteiger partial charge in [-0.1, -0.05) is 48.5 Å². The molecule has 0 fully saturated rings. The standard InChI is InChI=1S/C15H15NO.ClH/c16-11-13-7-4-8-14(9-13)15(17)10-12-5-2-1-3-6-12;/h1-9H,10-11,16H2;1H. The third-order valence-corrected chi connectivity index (χ3v) is 2.69. The summed E-state index contributed by atoms with van der Waals surface area (Å²) in [6.07, 6.45) is 0.439. The molecule has 0 aliphatic carbocycles. The number of carbonyl (C=O) groups excluding carboxylic acids is 1. The first kappa shape index (κ1) is 14.4. The van der Waals surface area contributed by atoms with Crippen molar-refractivity contribution in [3.63, 3.8) is 0 Å². The fourth-order valence-electron chi connectivity index (χ4n) is 1.76. The molecule has 18 heavy (non-hydrogen) atoms. The number of carbonyl (C=O) groups is 1. The van der Waals surface area contributed by atoms with E-state index in [-0.39, 0.29) is 18.2 Å². The molecule has 2 aromatic rings. The summed E-state index contributed by atoms with van der Waals surface area (Å²) in [5.74, 6) is 0.131. The molecule has 2 N–H and O–H groups in total. The maximum absolute atomic E-state index is 12.0. The number of ketones is 1. The van der Waals surface area contributed by atoms with Gasteiger partial charge in [-0.2, -0.15) is 0 Å². The lowest BCUT2D eigenvalue weighted by molar-refractivity contribution is 0.0993. The van der Waals surface area contributed by atoms with Crippen LogP contribution in [0, 0.1) is 0 Å². The van der Waals surface area contributed by atoms with Gasteiger partial charge in [-0.3, -0.25) is 4.79 Å². The summed E-state index contributed by atoms with van der Waals surface area (Å²) >= 11 is 0. The minimum absolute atomic E-state index is 0. The van der Waals surface area contributed by atoms with Crippen molar-refractivity contribution in [2.24, 2.45) is 5.73 Å². The Morgan fingerprint density at radius 3 is 2.28 bits per heavy atom. The van der Waals surface area contributed by atoms with Gasteiger partial charge in [0.2, 0.25) is 0 Å². The molecule has 0 saturated heterocycles. The van der Waals surface area contributed by atoms with Gasteiger partial charge < -0.3 is 5.73 Å². The molecule has 0 saturated carbocycles. The highest BCUT2D eigenvalue weighted by atomic mass is 35.5. The van der Waals surface area contributed by atoms with Crippen molar-refractivity contribution in [2.45, 2.75) is 13.0 Å². The second kappa shape index (κ2) is 6.94. The smallest absolute Gasteiger partial charge is 0.167 e. The van der Waals surface area contributed by atoms with Crippen molar-refractivity contribution in [3.8, 4) is 0 Å². The van der Waals surface area contributed by atoms with Gasteiger partial charge in [0, 0.05) is 18.5 Å². The Bertz CT molecular complexity index is 511. The quantitative estimate of drug-likeness (QED) is 0.860. The van der Waals surface area contributed by atoms with Crippen LogP contribution in [0.3, 0.4) is 0 Å². The predicted octanol–water partition coefficient (Wildman–Crippen LogP) is 2.99. The molecule has 0 atom stereocenters. The van der Waals surface area contributed by atoms with E-state index in [4.69, 9.17) is 5.73 Å². The van der Waals surface area contributed by atoms with Crippen molar-refractivity contribution in [3.05, 3.63) is 71.3 Å². The monoisotopic (exact) mass is 261 g/mol. The van der Waals surface area contributed by atoms with Crippen LogP contribution in [0.2, 0.25) is 0 Å². The summed E-state index contributed by atoms with van der Waals surface area (Å²) in [5.41, 5.74) is 8.32. The molecule has 0 aromatic heterocycles. The van der Waals surface area contributed by atoms with Crippen molar-refractivity contribution >= 4 is 18.2 Å². The SMILES string of the molecule is Cl.NCc1cccc(C(=O)Cc2ccccc2)c1. The number of hydrogen-bond donors (Lipinski definition) is 1. The number of rotatable bonds is 4. The van der Waals surface area contributed by atoms with Gasteiger partial charge in [0.25, 0.3) is 0 Å². The van der Waals surface area contributed by atoms with Crippen LogP contribution in [0.25, 0.3) is 0 Å². The van der Waals surface area contributed by atoms with Crippen LogP contribution in [0.15, 0.2) is 54.6 Å². The molecule has 94 valence electrons. The van der Waals surface area contributed by atoms with E-state index in [9.17, 15) is 4.79 Å². The second-order valence-corrected chi connectivity index (χ2v) is 3.99. The number of halogens is 1. The topological polar surface area (TPSA) is 43.1 Å². The van der Waals surface area contributed by atoms with Crippen LogP contribution < -0.4 is 5.73 Å².